The fraction of sp³-hybridized carbons (Fsp3) is 0.600. The lowest BCUT2D eigenvalue weighted by molar-refractivity contribution is 0.0708. The molecule has 0 spiro atoms. The minimum atomic E-state index is -0.00986. The Morgan fingerprint density at radius 2 is 1.95 bits per heavy atom. The zero-order valence-electron chi connectivity index (χ0n) is 12.5. The van der Waals surface area contributed by atoms with Gasteiger partial charge in [-0.15, -0.1) is 0 Å². The minimum absolute atomic E-state index is 0.00955. The molecular formula is C15H23N3O2. The number of hydrogen-bond acceptors (Lipinski definition) is 3. The van der Waals surface area contributed by atoms with Crippen LogP contribution in [0.5, 0.6) is 0 Å². The van der Waals surface area contributed by atoms with E-state index in [9.17, 15) is 9.59 Å². The van der Waals surface area contributed by atoms with Crippen LogP contribution in [0.4, 0.5) is 0 Å². The molecule has 1 amide bonds. The van der Waals surface area contributed by atoms with Gasteiger partial charge in [-0.2, -0.15) is 0 Å². The predicted molar refractivity (Wildman–Crippen MR) is 78.0 cm³/mol. The number of ketones is 1. The van der Waals surface area contributed by atoms with Crippen molar-refractivity contribution in [1.29, 1.82) is 0 Å². The van der Waals surface area contributed by atoms with E-state index in [-0.39, 0.29) is 17.7 Å². The van der Waals surface area contributed by atoms with Gasteiger partial charge >= 0.3 is 0 Å². The van der Waals surface area contributed by atoms with Crippen LogP contribution < -0.4 is 5.73 Å². The summed E-state index contributed by atoms with van der Waals surface area (Å²) in [4.78, 5) is 29.3. The molecule has 2 heterocycles. The maximum absolute atomic E-state index is 12.6. The summed E-state index contributed by atoms with van der Waals surface area (Å²) in [5, 5.41) is 0. The van der Waals surface area contributed by atoms with Crippen LogP contribution in [-0.2, 0) is 6.42 Å². The summed E-state index contributed by atoms with van der Waals surface area (Å²) in [6.07, 6.45) is 2.35. The van der Waals surface area contributed by atoms with Gasteiger partial charge in [-0.1, -0.05) is 6.92 Å². The first kappa shape index (κ1) is 14.8. The number of nitrogens with one attached hydrogen (secondary N) is 1. The van der Waals surface area contributed by atoms with Crippen molar-refractivity contribution in [2.24, 2.45) is 5.73 Å². The van der Waals surface area contributed by atoms with Crippen LogP contribution in [0.2, 0.25) is 0 Å². The first-order valence-corrected chi connectivity index (χ1v) is 7.22. The maximum Gasteiger partial charge on any atom is 0.270 e. The number of piperidine rings is 1. The highest BCUT2D eigenvalue weighted by atomic mass is 16.2. The first-order valence-electron chi connectivity index (χ1n) is 7.22. The standard InChI is InChI=1S/C15H23N3O2/c1-4-12-13(10(3)19)9(2)17-14(12)15(20)18-7-5-11(16)6-8-18/h11,17H,4-8,16H2,1-3H3. The topological polar surface area (TPSA) is 79.2 Å². The molecule has 0 aliphatic carbocycles. The average molecular weight is 277 g/mol. The van der Waals surface area contributed by atoms with Crippen LogP contribution >= 0.6 is 0 Å². The number of aryl methyl sites for hydroxylation is 1. The third kappa shape index (κ3) is 2.63. The van der Waals surface area contributed by atoms with E-state index in [0.717, 1.165) is 24.1 Å². The molecule has 0 aromatic carbocycles. The molecule has 20 heavy (non-hydrogen) atoms. The number of hydrogen-bond donors (Lipinski definition) is 2. The molecule has 0 bridgehead atoms. The highest BCUT2D eigenvalue weighted by Gasteiger charge is 2.27. The Morgan fingerprint density at radius 3 is 2.45 bits per heavy atom. The van der Waals surface area contributed by atoms with Gasteiger partial charge in [0.2, 0.25) is 0 Å². The average Bonchev–Trinajstić information content (AvgIpc) is 2.75. The quantitative estimate of drug-likeness (QED) is 0.824. The zero-order valence-corrected chi connectivity index (χ0v) is 12.5. The second-order valence-electron chi connectivity index (χ2n) is 5.52. The predicted octanol–water partition coefficient (Wildman–Crippen LogP) is 1.65. The number of likely N-dealkylation sites (tertiary alicyclic amines) is 1. The number of nitrogens with zero attached hydrogens (tertiary/aromatic N) is 1. The molecule has 0 radical (unpaired) electrons. The molecule has 1 aromatic heterocycles. The Bertz CT molecular complexity index is 525. The fourth-order valence-corrected chi connectivity index (χ4v) is 2.95. The van der Waals surface area contributed by atoms with Crippen molar-refractivity contribution in [2.45, 2.75) is 46.1 Å². The number of aromatic nitrogens is 1. The van der Waals surface area contributed by atoms with Crippen molar-refractivity contribution in [2.75, 3.05) is 13.1 Å². The van der Waals surface area contributed by atoms with Gasteiger partial charge in [-0.3, -0.25) is 9.59 Å². The fourth-order valence-electron chi connectivity index (χ4n) is 2.95. The summed E-state index contributed by atoms with van der Waals surface area (Å²) >= 11 is 0. The van der Waals surface area contributed by atoms with Crippen molar-refractivity contribution in [3.05, 3.63) is 22.5 Å². The van der Waals surface area contributed by atoms with E-state index in [1.165, 1.54) is 0 Å². The number of aromatic amines is 1. The Labute approximate surface area is 119 Å². The zero-order chi connectivity index (χ0) is 14.9. The largest absolute Gasteiger partial charge is 0.354 e. The molecule has 1 aliphatic heterocycles. The van der Waals surface area contributed by atoms with Crippen molar-refractivity contribution >= 4 is 11.7 Å². The number of carbonyl (C=O) groups excluding carboxylic acids is 2. The Balaban J connectivity index is 2.30. The Kier molecular flexibility index (Phi) is 4.28. The van der Waals surface area contributed by atoms with Gasteiger partial charge in [0.15, 0.2) is 5.78 Å². The summed E-state index contributed by atoms with van der Waals surface area (Å²) in [7, 11) is 0. The highest BCUT2D eigenvalue weighted by Crippen LogP contribution is 2.22. The molecule has 1 aliphatic rings. The van der Waals surface area contributed by atoms with E-state index in [1.807, 2.05) is 18.7 Å². The SMILES string of the molecule is CCc1c(C(=O)N2CCC(N)CC2)[nH]c(C)c1C(C)=O. The van der Waals surface area contributed by atoms with Gasteiger partial charge in [0.25, 0.3) is 5.91 Å². The molecule has 0 saturated carbocycles. The van der Waals surface area contributed by atoms with Gasteiger partial charge < -0.3 is 15.6 Å². The van der Waals surface area contributed by atoms with E-state index in [2.05, 4.69) is 4.98 Å². The lowest BCUT2D eigenvalue weighted by Crippen LogP contribution is -2.43. The third-order valence-corrected chi connectivity index (χ3v) is 4.04. The van der Waals surface area contributed by atoms with Gasteiger partial charge in [-0.25, -0.2) is 0 Å². The van der Waals surface area contributed by atoms with Crippen LogP contribution in [0.1, 0.15) is 58.8 Å². The minimum Gasteiger partial charge on any atom is -0.354 e. The van der Waals surface area contributed by atoms with E-state index in [0.29, 0.717) is 30.8 Å². The van der Waals surface area contributed by atoms with Crippen LogP contribution in [0, 0.1) is 6.92 Å². The number of Topliss-reactive ketones (excluding diaryl/α,β-unsaturated/α-hetero) is 1. The van der Waals surface area contributed by atoms with Crippen LogP contribution in [0.25, 0.3) is 0 Å². The maximum atomic E-state index is 12.6. The molecule has 1 saturated heterocycles. The number of rotatable bonds is 3. The summed E-state index contributed by atoms with van der Waals surface area (Å²) < 4.78 is 0. The van der Waals surface area contributed by atoms with Crippen molar-refractivity contribution < 1.29 is 9.59 Å². The number of H-pyrrole nitrogens is 1. The number of nitrogens with two attached hydrogens (primary N) is 1. The molecule has 0 unspecified atom stereocenters. The molecule has 5 nitrogen and oxygen atoms in total. The monoisotopic (exact) mass is 277 g/mol. The molecule has 1 fully saturated rings. The summed E-state index contributed by atoms with van der Waals surface area (Å²) in [5.74, 6) is -0.000309. The third-order valence-electron chi connectivity index (χ3n) is 4.04. The summed E-state index contributed by atoms with van der Waals surface area (Å²) in [6, 6.07) is 0.197. The number of carbonyl (C=O) groups is 2. The molecule has 5 heteroatoms. The van der Waals surface area contributed by atoms with Crippen LogP contribution in [0.3, 0.4) is 0 Å². The second-order valence-corrected chi connectivity index (χ2v) is 5.52. The first-order chi connectivity index (χ1) is 9.45. The van der Waals surface area contributed by atoms with Crippen molar-refractivity contribution in [1.82, 2.24) is 9.88 Å². The van der Waals surface area contributed by atoms with E-state index in [4.69, 9.17) is 5.73 Å². The lowest BCUT2D eigenvalue weighted by atomic mass is 10.0. The molecule has 2 rings (SSSR count). The molecular weight excluding hydrogens is 254 g/mol. The molecule has 1 aromatic rings. The van der Waals surface area contributed by atoms with Crippen LogP contribution in [0.15, 0.2) is 0 Å². The second kappa shape index (κ2) is 5.79. The molecule has 3 N–H and O–H groups in total. The smallest absolute Gasteiger partial charge is 0.270 e. The van der Waals surface area contributed by atoms with E-state index in [1.54, 1.807) is 6.92 Å². The normalized spacial score (nSPS) is 16.5. The van der Waals surface area contributed by atoms with Crippen LogP contribution in [-0.4, -0.2) is 40.7 Å². The van der Waals surface area contributed by atoms with Crippen molar-refractivity contribution in [3.63, 3.8) is 0 Å². The summed E-state index contributed by atoms with van der Waals surface area (Å²) in [5.41, 5.74) is 8.74. The van der Waals surface area contributed by atoms with Gasteiger partial charge in [-0.05, 0) is 38.7 Å². The van der Waals surface area contributed by atoms with E-state index < -0.39 is 0 Å². The van der Waals surface area contributed by atoms with Gasteiger partial charge in [0.05, 0.1) is 0 Å². The van der Waals surface area contributed by atoms with E-state index >= 15 is 0 Å². The Morgan fingerprint density at radius 1 is 1.35 bits per heavy atom. The highest BCUT2D eigenvalue weighted by molar-refractivity contribution is 6.02. The van der Waals surface area contributed by atoms with Gasteiger partial charge in [0, 0.05) is 30.4 Å². The van der Waals surface area contributed by atoms with Gasteiger partial charge in [0.1, 0.15) is 5.69 Å². The Hall–Kier alpha value is -1.62. The van der Waals surface area contributed by atoms with Crippen molar-refractivity contribution in [3.8, 4) is 0 Å². The molecule has 0 atom stereocenters. The number of amides is 1. The molecule has 110 valence electrons. The summed E-state index contributed by atoms with van der Waals surface area (Å²) in [6.45, 7) is 6.74. The lowest BCUT2D eigenvalue weighted by Gasteiger charge is -2.30.